The molecule has 0 radical (unpaired) electrons. The Balaban J connectivity index is 1.75. The Hall–Kier alpha value is -2.63. The molecular weight excluding hydrogens is 294 g/mol. The lowest BCUT2D eigenvalue weighted by atomic mass is 9.97. The van der Waals surface area contributed by atoms with Crippen LogP contribution in [0, 0.1) is 12.8 Å². The second-order valence-corrected chi connectivity index (χ2v) is 5.82. The summed E-state index contributed by atoms with van der Waals surface area (Å²) in [6.07, 6.45) is 0.999. The molecule has 6 nitrogen and oxygen atoms in total. The minimum atomic E-state index is -0.777. The molecule has 23 heavy (non-hydrogen) atoms. The quantitative estimate of drug-likeness (QED) is 0.942. The number of amides is 1. The number of piperidine rings is 1. The van der Waals surface area contributed by atoms with Gasteiger partial charge in [-0.25, -0.2) is 4.68 Å². The number of hydrogen-bond acceptors (Lipinski definition) is 3. The Labute approximate surface area is 134 Å². The second-order valence-electron chi connectivity index (χ2n) is 5.82. The second kappa shape index (κ2) is 6.24. The Bertz CT molecular complexity index is 716. The van der Waals surface area contributed by atoms with E-state index in [0.29, 0.717) is 31.6 Å². The van der Waals surface area contributed by atoms with Crippen LogP contribution in [0.25, 0.3) is 5.69 Å². The fraction of sp³-hybridized carbons (Fsp3) is 0.353. The molecule has 0 saturated carbocycles. The minimum Gasteiger partial charge on any atom is -0.481 e. The maximum atomic E-state index is 12.6. The first-order valence-electron chi connectivity index (χ1n) is 7.70. The van der Waals surface area contributed by atoms with Crippen LogP contribution in [0.2, 0.25) is 0 Å². The van der Waals surface area contributed by atoms with Crippen LogP contribution in [0.4, 0.5) is 0 Å². The van der Waals surface area contributed by atoms with Crippen molar-refractivity contribution in [2.45, 2.75) is 19.8 Å². The highest BCUT2D eigenvalue weighted by atomic mass is 16.4. The number of carboxylic acids is 1. The van der Waals surface area contributed by atoms with E-state index in [-0.39, 0.29) is 11.8 Å². The number of carboxylic acid groups (broad SMARTS) is 1. The highest BCUT2D eigenvalue weighted by Crippen LogP contribution is 2.20. The van der Waals surface area contributed by atoms with Crippen molar-refractivity contribution in [3.05, 3.63) is 47.8 Å². The van der Waals surface area contributed by atoms with Crippen molar-refractivity contribution in [2.24, 2.45) is 5.92 Å². The molecule has 2 aromatic rings. The average molecular weight is 313 g/mol. The Morgan fingerprint density at radius 2 is 1.83 bits per heavy atom. The van der Waals surface area contributed by atoms with E-state index >= 15 is 0 Å². The monoisotopic (exact) mass is 313 g/mol. The first-order chi connectivity index (χ1) is 11.1. The van der Waals surface area contributed by atoms with Gasteiger partial charge in [0.05, 0.1) is 11.6 Å². The summed E-state index contributed by atoms with van der Waals surface area (Å²) in [5.74, 6) is -1.25. The van der Waals surface area contributed by atoms with Crippen molar-refractivity contribution in [2.75, 3.05) is 13.1 Å². The van der Waals surface area contributed by atoms with E-state index < -0.39 is 5.97 Å². The van der Waals surface area contributed by atoms with Crippen LogP contribution in [0.15, 0.2) is 36.4 Å². The van der Waals surface area contributed by atoms with Crippen LogP contribution in [0.1, 0.15) is 29.0 Å². The minimum absolute atomic E-state index is 0.133. The van der Waals surface area contributed by atoms with Crippen LogP contribution in [0.3, 0.4) is 0 Å². The van der Waals surface area contributed by atoms with Crippen molar-refractivity contribution in [1.82, 2.24) is 14.7 Å². The average Bonchev–Trinajstić information content (AvgIpc) is 2.97. The third kappa shape index (κ3) is 3.11. The van der Waals surface area contributed by atoms with Gasteiger partial charge in [-0.1, -0.05) is 18.2 Å². The van der Waals surface area contributed by atoms with Gasteiger partial charge in [0.15, 0.2) is 5.69 Å². The molecule has 0 aliphatic carbocycles. The van der Waals surface area contributed by atoms with Gasteiger partial charge in [0.1, 0.15) is 0 Å². The molecule has 1 aliphatic rings. The van der Waals surface area contributed by atoms with Gasteiger partial charge in [-0.15, -0.1) is 0 Å². The number of carbonyl (C=O) groups excluding carboxylic acids is 1. The molecule has 1 aromatic heterocycles. The summed E-state index contributed by atoms with van der Waals surface area (Å²) < 4.78 is 1.75. The summed E-state index contributed by atoms with van der Waals surface area (Å²) in [4.78, 5) is 25.3. The number of aliphatic carboxylic acids is 1. The fourth-order valence-corrected chi connectivity index (χ4v) is 2.90. The highest BCUT2D eigenvalue weighted by Gasteiger charge is 2.28. The van der Waals surface area contributed by atoms with Crippen molar-refractivity contribution in [3.63, 3.8) is 0 Å². The Kier molecular flexibility index (Phi) is 4.14. The zero-order valence-corrected chi connectivity index (χ0v) is 13.0. The predicted octanol–water partition coefficient (Wildman–Crippen LogP) is 2.12. The topological polar surface area (TPSA) is 75.4 Å². The molecular formula is C17H19N3O3. The standard InChI is InChI=1S/C17H19N3O3/c1-12-11-15(18-20(12)14-5-3-2-4-6-14)16(21)19-9-7-13(8-10-19)17(22)23/h2-6,11,13H,7-10H2,1H3,(H,22,23). The molecule has 6 heteroatoms. The van der Waals surface area contributed by atoms with Gasteiger partial charge in [0.2, 0.25) is 0 Å². The van der Waals surface area contributed by atoms with Gasteiger partial charge in [0.25, 0.3) is 5.91 Å². The molecule has 1 aromatic carbocycles. The van der Waals surface area contributed by atoms with Crippen LogP contribution in [-0.4, -0.2) is 44.8 Å². The summed E-state index contributed by atoms with van der Waals surface area (Å²) in [6.45, 7) is 2.84. The van der Waals surface area contributed by atoms with E-state index in [4.69, 9.17) is 5.11 Å². The van der Waals surface area contributed by atoms with E-state index in [1.54, 1.807) is 15.6 Å². The maximum absolute atomic E-state index is 12.6. The smallest absolute Gasteiger partial charge is 0.306 e. The molecule has 0 atom stereocenters. The van der Waals surface area contributed by atoms with Gasteiger partial charge in [-0.05, 0) is 38.0 Å². The van der Waals surface area contributed by atoms with Crippen molar-refractivity contribution >= 4 is 11.9 Å². The molecule has 3 rings (SSSR count). The van der Waals surface area contributed by atoms with E-state index in [2.05, 4.69) is 5.10 Å². The molecule has 2 heterocycles. The van der Waals surface area contributed by atoms with Crippen LogP contribution in [-0.2, 0) is 4.79 Å². The van der Waals surface area contributed by atoms with Gasteiger partial charge in [-0.3, -0.25) is 9.59 Å². The largest absolute Gasteiger partial charge is 0.481 e. The lowest BCUT2D eigenvalue weighted by Gasteiger charge is -2.29. The number of hydrogen-bond donors (Lipinski definition) is 1. The van der Waals surface area contributed by atoms with E-state index in [9.17, 15) is 9.59 Å². The SMILES string of the molecule is Cc1cc(C(=O)N2CCC(C(=O)O)CC2)nn1-c1ccccc1. The van der Waals surface area contributed by atoms with Crippen molar-refractivity contribution in [3.8, 4) is 5.69 Å². The molecule has 1 N–H and O–H groups in total. The molecule has 1 saturated heterocycles. The first kappa shape index (κ1) is 15.3. The lowest BCUT2D eigenvalue weighted by Crippen LogP contribution is -2.40. The molecule has 120 valence electrons. The van der Waals surface area contributed by atoms with E-state index in [0.717, 1.165) is 11.4 Å². The normalized spacial score (nSPS) is 15.6. The van der Waals surface area contributed by atoms with E-state index in [1.807, 2.05) is 37.3 Å². The summed E-state index contributed by atoms with van der Waals surface area (Å²) in [5, 5.41) is 13.4. The third-order valence-electron chi connectivity index (χ3n) is 4.24. The summed E-state index contributed by atoms with van der Waals surface area (Å²) in [5.41, 5.74) is 2.20. The molecule has 1 aliphatic heterocycles. The van der Waals surface area contributed by atoms with Gasteiger partial charge in [-0.2, -0.15) is 5.10 Å². The number of likely N-dealkylation sites (tertiary alicyclic amines) is 1. The summed E-state index contributed by atoms with van der Waals surface area (Å²) >= 11 is 0. The molecule has 0 bridgehead atoms. The third-order valence-corrected chi connectivity index (χ3v) is 4.24. The zero-order chi connectivity index (χ0) is 16.4. The van der Waals surface area contributed by atoms with Crippen LogP contribution < -0.4 is 0 Å². The van der Waals surface area contributed by atoms with Gasteiger partial charge >= 0.3 is 5.97 Å². The molecule has 0 spiro atoms. The number of nitrogens with zero attached hydrogens (tertiary/aromatic N) is 3. The molecule has 1 amide bonds. The first-order valence-corrected chi connectivity index (χ1v) is 7.70. The van der Waals surface area contributed by atoms with Crippen molar-refractivity contribution < 1.29 is 14.7 Å². The fourth-order valence-electron chi connectivity index (χ4n) is 2.90. The molecule has 0 unspecified atom stereocenters. The number of aromatic nitrogens is 2. The van der Waals surface area contributed by atoms with Crippen LogP contribution >= 0.6 is 0 Å². The molecule has 1 fully saturated rings. The maximum Gasteiger partial charge on any atom is 0.306 e. The van der Waals surface area contributed by atoms with Gasteiger partial charge < -0.3 is 10.0 Å². The zero-order valence-electron chi connectivity index (χ0n) is 13.0. The number of carbonyl (C=O) groups is 2. The number of aryl methyl sites for hydroxylation is 1. The van der Waals surface area contributed by atoms with E-state index in [1.165, 1.54) is 0 Å². The lowest BCUT2D eigenvalue weighted by molar-refractivity contribution is -0.143. The summed E-state index contributed by atoms with van der Waals surface area (Å²) in [6, 6.07) is 11.4. The van der Waals surface area contributed by atoms with Gasteiger partial charge in [0, 0.05) is 18.8 Å². The Morgan fingerprint density at radius 1 is 1.17 bits per heavy atom. The summed E-state index contributed by atoms with van der Waals surface area (Å²) in [7, 11) is 0. The number of rotatable bonds is 3. The van der Waals surface area contributed by atoms with Crippen LogP contribution in [0.5, 0.6) is 0 Å². The predicted molar refractivity (Wildman–Crippen MR) is 84.6 cm³/mol. The number of para-hydroxylation sites is 1. The van der Waals surface area contributed by atoms with Crippen molar-refractivity contribution in [1.29, 1.82) is 0 Å². The number of benzene rings is 1. The highest BCUT2D eigenvalue weighted by molar-refractivity contribution is 5.92. The Morgan fingerprint density at radius 3 is 2.43 bits per heavy atom.